The predicted molar refractivity (Wildman–Crippen MR) is 111 cm³/mol. The van der Waals surface area contributed by atoms with Gasteiger partial charge in [0.25, 0.3) is 0 Å². The van der Waals surface area contributed by atoms with E-state index in [-0.39, 0.29) is 16.8 Å². The number of ketones is 1. The van der Waals surface area contributed by atoms with Gasteiger partial charge in [0.15, 0.2) is 5.78 Å². The first-order valence-corrected chi connectivity index (χ1v) is 11.7. The van der Waals surface area contributed by atoms with Crippen LogP contribution in [0.3, 0.4) is 0 Å². The van der Waals surface area contributed by atoms with Crippen LogP contribution in [0.2, 0.25) is 0 Å². The minimum absolute atomic E-state index is 0.132. The van der Waals surface area contributed by atoms with Gasteiger partial charge in [-0.1, -0.05) is 39.2 Å². The lowest BCUT2D eigenvalue weighted by Gasteiger charge is -2.55. The summed E-state index contributed by atoms with van der Waals surface area (Å²) in [5.41, 5.74) is 1.56. The molecule has 4 aliphatic rings. The van der Waals surface area contributed by atoms with Crippen molar-refractivity contribution in [1.29, 1.82) is 0 Å². The summed E-state index contributed by atoms with van der Waals surface area (Å²) in [6, 6.07) is 0. The molecule has 3 saturated carbocycles. The maximum atomic E-state index is 13.6. The molecule has 0 amide bonds. The zero-order valence-corrected chi connectivity index (χ0v) is 18.3. The standard InChI is InChI=1S/C25H38O3/c1-16(8-13-23(27)28-4)19-11-12-20-18-10-9-17-7-5-6-14-24(17,2)21(18)15-22(26)25(19,20)3/h15-20H,5-14H2,1-4H3. The Labute approximate surface area is 170 Å². The Morgan fingerprint density at radius 1 is 1.18 bits per heavy atom. The smallest absolute Gasteiger partial charge is 0.305 e. The highest BCUT2D eigenvalue weighted by Crippen LogP contribution is 2.65. The normalized spacial score (nSPS) is 43.4. The second-order valence-corrected chi connectivity index (χ2v) is 10.7. The summed E-state index contributed by atoms with van der Waals surface area (Å²) in [4.78, 5) is 25.2. The van der Waals surface area contributed by atoms with E-state index in [9.17, 15) is 9.59 Å². The molecule has 0 saturated heterocycles. The van der Waals surface area contributed by atoms with Crippen molar-refractivity contribution >= 4 is 11.8 Å². The lowest BCUT2D eigenvalue weighted by Crippen LogP contribution is -2.51. The molecule has 0 radical (unpaired) electrons. The molecule has 4 rings (SSSR count). The van der Waals surface area contributed by atoms with E-state index in [4.69, 9.17) is 4.74 Å². The first kappa shape index (κ1) is 20.2. The number of carbonyl (C=O) groups excluding carboxylic acids is 2. The van der Waals surface area contributed by atoms with Gasteiger partial charge in [-0.25, -0.2) is 0 Å². The van der Waals surface area contributed by atoms with E-state index >= 15 is 0 Å². The number of allylic oxidation sites excluding steroid dienone is 2. The first-order chi connectivity index (χ1) is 13.3. The van der Waals surface area contributed by atoms with Crippen LogP contribution in [-0.2, 0) is 14.3 Å². The molecule has 0 aromatic carbocycles. The molecule has 3 nitrogen and oxygen atoms in total. The second kappa shape index (κ2) is 7.29. The Balaban J connectivity index is 1.60. The number of rotatable bonds is 4. The van der Waals surface area contributed by atoms with Crippen LogP contribution in [0.5, 0.6) is 0 Å². The molecule has 7 atom stereocenters. The van der Waals surface area contributed by atoms with E-state index in [0.29, 0.717) is 35.9 Å². The van der Waals surface area contributed by atoms with Crippen LogP contribution in [0.1, 0.15) is 85.0 Å². The molecular weight excluding hydrogens is 348 g/mol. The van der Waals surface area contributed by atoms with Gasteiger partial charge in [-0.15, -0.1) is 0 Å². The summed E-state index contributed by atoms with van der Waals surface area (Å²) in [5.74, 6) is 2.94. The average Bonchev–Trinajstić information content (AvgIpc) is 3.05. The van der Waals surface area contributed by atoms with E-state index in [1.54, 1.807) is 0 Å². The quantitative estimate of drug-likeness (QED) is 0.580. The van der Waals surface area contributed by atoms with E-state index in [1.807, 2.05) is 0 Å². The van der Waals surface area contributed by atoms with Crippen molar-refractivity contribution in [3.05, 3.63) is 11.6 Å². The van der Waals surface area contributed by atoms with Crippen molar-refractivity contribution < 1.29 is 14.3 Å². The molecule has 0 heterocycles. The van der Waals surface area contributed by atoms with Crippen molar-refractivity contribution in [2.75, 3.05) is 7.11 Å². The molecule has 0 aromatic rings. The van der Waals surface area contributed by atoms with E-state index in [0.717, 1.165) is 18.8 Å². The Morgan fingerprint density at radius 3 is 2.71 bits per heavy atom. The molecule has 0 aromatic heterocycles. The highest BCUT2D eigenvalue weighted by molar-refractivity contribution is 5.97. The maximum absolute atomic E-state index is 13.6. The highest BCUT2D eigenvalue weighted by atomic mass is 16.5. The number of hydrogen-bond acceptors (Lipinski definition) is 3. The minimum Gasteiger partial charge on any atom is -0.469 e. The number of ether oxygens (including phenoxy) is 1. The van der Waals surface area contributed by atoms with Crippen LogP contribution in [0, 0.1) is 40.4 Å². The van der Waals surface area contributed by atoms with Gasteiger partial charge in [0.05, 0.1) is 7.11 Å². The van der Waals surface area contributed by atoms with Crippen LogP contribution in [-0.4, -0.2) is 18.9 Å². The number of hydrogen-bond donors (Lipinski definition) is 0. The Hall–Kier alpha value is -1.12. The minimum atomic E-state index is -0.235. The molecule has 7 unspecified atom stereocenters. The van der Waals surface area contributed by atoms with Gasteiger partial charge in [0.1, 0.15) is 0 Å². The second-order valence-electron chi connectivity index (χ2n) is 10.7. The zero-order chi connectivity index (χ0) is 20.1. The van der Waals surface area contributed by atoms with Gasteiger partial charge in [-0.05, 0) is 86.0 Å². The fourth-order valence-corrected chi connectivity index (χ4v) is 7.94. The van der Waals surface area contributed by atoms with Crippen molar-refractivity contribution in [1.82, 2.24) is 0 Å². The largest absolute Gasteiger partial charge is 0.469 e. The zero-order valence-electron chi connectivity index (χ0n) is 18.3. The lowest BCUT2D eigenvalue weighted by atomic mass is 9.48. The molecule has 0 bridgehead atoms. The van der Waals surface area contributed by atoms with Gasteiger partial charge in [0, 0.05) is 11.8 Å². The fraction of sp³-hybridized carbons (Fsp3) is 0.840. The molecular formula is C25H38O3. The summed E-state index contributed by atoms with van der Waals surface area (Å²) in [7, 11) is 1.46. The predicted octanol–water partition coefficient (Wildman–Crippen LogP) is 5.72. The van der Waals surface area contributed by atoms with Gasteiger partial charge in [-0.3, -0.25) is 9.59 Å². The third kappa shape index (κ3) is 2.91. The molecule has 28 heavy (non-hydrogen) atoms. The Morgan fingerprint density at radius 2 is 1.96 bits per heavy atom. The van der Waals surface area contributed by atoms with Crippen LogP contribution < -0.4 is 0 Å². The van der Waals surface area contributed by atoms with Crippen molar-refractivity contribution in [3.8, 4) is 0 Å². The number of methoxy groups -OCH3 is 1. The van der Waals surface area contributed by atoms with Crippen LogP contribution in [0.25, 0.3) is 0 Å². The summed E-state index contributed by atoms with van der Waals surface area (Å²) >= 11 is 0. The molecule has 3 heteroatoms. The Kier molecular flexibility index (Phi) is 5.25. The van der Waals surface area contributed by atoms with E-state index in [2.05, 4.69) is 26.8 Å². The number of carbonyl (C=O) groups is 2. The summed E-state index contributed by atoms with van der Waals surface area (Å²) in [6.45, 7) is 6.97. The van der Waals surface area contributed by atoms with Gasteiger partial charge in [-0.2, -0.15) is 0 Å². The fourth-order valence-electron chi connectivity index (χ4n) is 7.94. The topological polar surface area (TPSA) is 43.4 Å². The Bertz CT molecular complexity index is 679. The van der Waals surface area contributed by atoms with Crippen LogP contribution in [0.15, 0.2) is 11.6 Å². The summed E-state index contributed by atoms with van der Waals surface area (Å²) in [5, 5.41) is 0. The molecule has 0 spiro atoms. The van der Waals surface area contributed by atoms with Crippen molar-refractivity contribution in [3.63, 3.8) is 0 Å². The maximum Gasteiger partial charge on any atom is 0.305 e. The monoisotopic (exact) mass is 386 g/mol. The highest BCUT2D eigenvalue weighted by Gasteiger charge is 2.60. The lowest BCUT2D eigenvalue weighted by molar-refractivity contribution is -0.141. The SMILES string of the molecule is COC(=O)CCC(C)C1CCC2C3CCC4CCCCC4(C)C3=CC(=O)C12C. The molecule has 4 aliphatic carbocycles. The number of esters is 1. The molecule has 3 fully saturated rings. The molecule has 156 valence electrons. The van der Waals surface area contributed by atoms with Crippen LogP contribution >= 0.6 is 0 Å². The van der Waals surface area contributed by atoms with Gasteiger partial charge in [0.2, 0.25) is 0 Å². The summed E-state index contributed by atoms with van der Waals surface area (Å²) < 4.78 is 4.83. The third-order valence-corrected chi connectivity index (χ3v) is 9.64. The summed E-state index contributed by atoms with van der Waals surface area (Å²) in [6.07, 6.45) is 13.7. The third-order valence-electron chi connectivity index (χ3n) is 9.64. The van der Waals surface area contributed by atoms with Crippen LogP contribution in [0.4, 0.5) is 0 Å². The number of fused-ring (bicyclic) bond motifs is 5. The van der Waals surface area contributed by atoms with Crippen molar-refractivity contribution in [2.24, 2.45) is 40.4 Å². The van der Waals surface area contributed by atoms with E-state index in [1.165, 1.54) is 57.6 Å². The molecule has 0 aliphatic heterocycles. The first-order valence-electron chi connectivity index (χ1n) is 11.7. The average molecular weight is 387 g/mol. The molecule has 0 N–H and O–H groups in total. The van der Waals surface area contributed by atoms with Gasteiger partial charge < -0.3 is 4.74 Å². The van der Waals surface area contributed by atoms with Gasteiger partial charge >= 0.3 is 5.97 Å². The van der Waals surface area contributed by atoms with E-state index < -0.39 is 0 Å². The van der Waals surface area contributed by atoms with Crippen molar-refractivity contribution in [2.45, 2.75) is 85.0 Å².